The quantitative estimate of drug-likeness (QED) is 0.221. The van der Waals surface area contributed by atoms with Crippen molar-refractivity contribution >= 4 is 73.7 Å². The highest BCUT2D eigenvalue weighted by Gasteiger charge is 2.32. The highest BCUT2D eigenvalue weighted by atomic mass is 35.5. The third-order valence-electron chi connectivity index (χ3n) is 7.70. The van der Waals surface area contributed by atoms with Crippen LogP contribution in [0.25, 0.3) is 21.7 Å². The van der Waals surface area contributed by atoms with E-state index in [1.807, 2.05) is 56.3 Å². The van der Waals surface area contributed by atoms with E-state index in [0.29, 0.717) is 40.5 Å². The number of fused-ring (bicyclic) bond motifs is 3. The first-order valence-electron chi connectivity index (χ1n) is 13.9. The number of halogens is 2. The second-order valence-corrected chi connectivity index (χ2v) is 12.4. The van der Waals surface area contributed by atoms with Gasteiger partial charge in [0.25, 0.3) is 0 Å². The summed E-state index contributed by atoms with van der Waals surface area (Å²) in [4.78, 5) is 24.2. The van der Waals surface area contributed by atoms with Crippen molar-refractivity contribution in [2.45, 2.75) is 31.2 Å². The lowest BCUT2D eigenvalue weighted by molar-refractivity contribution is 0.107. The minimum atomic E-state index is -3.52. The Balaban J connectivity index is 0.000000193. The van der Waals surface area contributed by atoms with E-state index < -0.39 is 10.0 Å². The number of nitrogens with one attached hydrogen (secondary N) is 2. The number of aliphatic imine (C=N–C) groups is 1. The summed E-state index contributed by atoms with van der Waals surface area (Å²) >= 11 is 0. The van der Waals surface area contributed by atoms with Crippen LogP contribution in [0.1, 0.15) is 34.8 Å². The first kappa shape index (κ1) is 33.1. The fourth-order valence-electron chi connectivity index (χ4n) is 5.66. The number of aromatic amines is 1. The van der Waals surface area contributed by atoms with Gasteiger partial charge in [-0.25, -0.2) is 13.4 Å². The molecule has 44 heavy (non-hydrogen) atoms. The molecular weight excluding hydrogens is 621 g/mol. The van der Waals surface area contributed by atoms with Gasteiger partial charge >= 0.3 is 0 Å². The summed E-state index contributed by atoms with van der Waals surface area (Å²) in [5, 5.41) is 15.8. The molecule has 9 nitrogen and oxygen atoms in total. The molecule has 0 radical (unpaired) electrons. The van der Waals surface area contributed by atoms with Gasteiger partial charge in [0.2, 0.25) is 15.8 Å². The van der Waals surface area contributed by atoms with E-state index in [1.165, 1.54) is 0 Å². The van der Waals surface area contributed by atoms with Crippen LogP contribution in [0.3, 0.4) is 0 Å². The number of Topliss-reactive ketones (excluding diaryl/α,β-unsaturated/α-hetero) is 1. The lowest BCUT2D eigenvalue weighted by atomic mass is 10.0. The first-order chi connectivity index (χ1) is 20.3. The average Bonchev–Trinajstić information content (AvgIpc) is 3.39. The van der Waals surface area contributed by atoms with Gasteiger partial charge in [0.1, 0.15) is 5.71 Å². The van der Waals surface area contributed by atoms with E-state index in [-0.39, 0.29) is 42.5 Å². The Labute approximate surface area is 268 Å². The van der Waals surface area contributed by atoms with E-state index >= 15 is 0 Å². The number of pyridine rings is 1. The molecule has 1 atom stereocenters. The highest BCUT2D eigenvalue weighted by molar-refractivity contribution is 7.89. The van der Waals surface area contributed by atoms with Crippen molar-refractivity contribution in [1.82, 2.24) is 19.6 Å². The molecule has 12 heteroatoms. The van der Waals surface area contributed by atoms with Crippen molar-refractivity contribution in [3.63, 3.8) is 0 Å². The molecule has 7 rings (SSSR count). The van der Waals surface area contributed by atoms with Crippen LogP contribution in [0.4, 0.5) is 5.69 Å². The van der Waals surface area contributed by atoms with Gasteiger partial charge in [-0.15, -0.1) is 24.8 Å². The van der Waals surface area contributed by atoms with Gasteiger partial charge in [0, 0.05) is 58.8 Å². The van der Waals surface area contributed by atoms with Crippen LogP contribution in [0.2, 0.25) is 0 Å². The van der Waals surface area contributed by atoms with Crippen molar-refractivity contribution in [2.24, 2.45) is 4.99 Å². The number of carbonyl (C=O) groups is 1. The molecule has 0 unspecified atom stereocenters. The Morgan fingerprint density at radius 1 is 0.977 bits per heavy atom. The van der Waals surface area contributed by atoms with Crippen molar-refractivity contribution in [1.29, 1.82) is 0 Å². The summed E-state index contributed by atoms with van der Waals surface area (Å²) < 4.78 is 28.0. The van der Waals surface area contributed by atoms with Gasteiger partial charge in [0.15, 0.2) is 5.88 Å². The number of carbonyl (C=O) groups excluding carboxylic acids is 1. The van der Waals surface area contributed by atoms with Crippen molar-refractivity contribution < 1.29 is 18.3 Å². The van der Waals surface area contributed by atoms with Crippen molar-refractivity contribution in [3.05, 3.63) is 95.8 Å². The van der Waals surface area contributed by atoms with Crippen LogP contribution >= 0.6 is 24.8 Å². The Morgan fingerprint density at radius 3 is 2.52 bits per heavy atom. The molecule has 1 saturated heterocycles. The smallest absolute Gasteiger partial charge is 0.243 e. The Kier molecular flexibility index (Phi) is 10.1. The molecule has 4 heterocycles. The van der Waals surface area contributed by atoms with E-state index in [0.717, 1.165) is 40.2 Å². The van der Waals surface area contributed by atoms with Gasteiger partial charge < -0.3 is 15.4 Å². The first-order valence-corrected chi connectivity index (χ1v) is 15.3. The standard InChI is InChI=1S/C16H21N3O2S.C16H10N2O2.2ClH/c1-12-9-18-11-14-5-3-6-15(16(12)14)22(20,21)19-8-4-7-17-10-13(19)2;19-15-10-6-2-4-8-12(10)17-14(15)13-9-5-1-3-7-11(9)18-16(13)20;;/h3,5-6,9,11,13,17H,4,7-8,10H2,1-2H3;1-8,18,20H;2*1H/t13-;;;/m0.../s1. The maximum absolute atomic E-state index is 13.2. The molecule has 3 N–H and O–H groups in total. The molecule has 0 spiro atoms. The van der Waals surface area contributed by atoms with Gasteiger partial charge in [-0.2, -0.15) is 4.31 Å². The minimum absolute atomic E-state index is 0. The van der Waals surface area contributed by atoms with Crippen LogP contribution in [-0.2, 0) is 10.0 Å². The third kappa shape index (κ3) is 5.96. The number of aromatic nitrogens is 2. The number of H-pyrrole nitrogens is 1. The number of benzene rings is 3. The van der Waals surface area contributed by atoms with E-state index in [9.17, 15) is 18.3 Å². The second kappa shape index (κ2) is 13.5. The molecular formula is C32H33Cl2N5O4S. The van der Waals surface area contributed by atoms with E-state index in [1.54, 1.807) is 41.0 Å². The summed E-state index contributed by atoms with van der Waals surface area (Å²) in [6.07, 6.45) is 4.26. The summed E-state index contributed by atoms with van der Waals surface area (Å²) in [7, 11) is -3.52. The molecule has 0 aliphatic carbocycles. The van der Waals surface area contributed by atoms with E-state index in [2.05, 4.69) is 20.3 Å². The minimum Gasteiger partial charge on any atom is -0.494 e. The number of rotatable bonds is 3. The predicted octanol–water partition coefficient (Wildman–Crippen LogP) is 5.95. The van der Waals surface area contributed by atoms with Gasteiger partial charge in [0.05, 0.1) is 16.1 Å². The maximum Gasteiger partial charge on any atom is 0.243 e. The SMILES string of the molecule is Cc1cncc2cccc(S(=O)(=O)N3CCCNC[C@@H]3C)c12.Cl.Cl.O=C1C(c2c(O)[nH]c3ccccc23)=Nc2ccccc21. The zero-order valence-electron chi connectivity index (χ0n) is 24.1. The largest absolute Gasteiger partial charge is 0.494 e. The molecule has 230 valence electrons. The lowest BCUT2D eigenvalue weighted by Crippen LogP contribution is -2.41. The lowest BCUT2D eigenvalue weighted by Gasteiger charge is -2.26. The number of hydrogen-bond acceptors (Lipinski definition) is 7. The van der Waals surface area contributed by atoms with Crippen LogP contribution in [0.15, 0.2) is 89.0 Å². The van der Waals surface area contributed by atoms with Crippen LogP contribution in [0.5, 0.6) is 5.88 Å². The number of nitrogens with zero attached hydrogens (tertiary/aromatic N) is 3. The van der Waals surface area contributed by atoms with E-state index in [4.69, 9.17) is 0 Å². The van der Waals surface area contributed by atoms with Crippen molar-refractivity contribution in [3.8, 4) is 5.88 Å². The average molecular weight is 655 g/mol. The van der Waals surface area contributed by atoms with Gasteiger partial charge in [-0.1, -0.05) is 42.5 Å². The number of para-hydroxylation sites is 2. The zero-order valence-corrected chi connectivity index (χ0v) is 26.6. The molecule has 2 aromatic heterocycles. The monoisotopic (exact) mass is 653 g/mol. The number of sulfonamides is 1. The van der Waals surface area contributed by atoms with Crippen LogP contribution in [0, 0.1) is 6.92 Å². The summed E-state index contributed by atoms with van der Waals surface area (Å²) in [6, 6.07) is 20.0. The predicted molar refractivity (Wildman–Crippen MR) is 179 cm³/mol. The van der Waals surface area contributed by atoms with Gasteiger partial charge in [-0.3, -0.25) is 9.78 Å². The molecule has 1 fully saturated rings. The number of ketones is 1. The second-order valence-electron chi connectivity index (χ2n) is 10.5. The highest BCUT2D eigenvalue weighted by Crippen LogP contribution is 2.35. The summed E-state index contributed by atoms with van der Waals surface area (Å²) in [5.74, 6) is -0.174. The van der Waals surface area contributed by atoms with Gasteiger partial charge in [-0.05, 0) is 56.6 Å². The molecule has 0 saturated carbocycles. The summed E-state index contributed by atoms with van der Waals surface area (Å²) in [5.41, 5.74) is 3.66. The third-order valence-corrected chi connectivity index (χ3v) is 9.76. The molecule has 3 aromatic carbocycles. The maximum atomic E-state index is 13.2. The summed E-state index contributed by atoms with van der Waals surface area (Å²) in [6.45, 7) is 5.95. The Bertz CT molecular complexity index is 1970. The number of aromatic hydroxyl groups is 1. The normalized spacial score (nSPS) is 16.6. The molecule has 2 aliphatic heterocycles. The Morgan fingerprint density at radius 2 is 1.73 bits per heavy atom. The van der Waals surface area contributed by atoms with Crippen LogP contribution in [-0.4, -0.2) is 65.0 Å². The van der Waals surface area contributed by atoms with Crippen LogP contribution < -0.4 is 5.32 Å². The molecule has 2 aliphatic rings. The molecule has 0 amide bonds. The molecule has 0 bridgehead atoms. The Hall–Kier alpha value is -3.80. The zero-order chi connectivity index (χ0) is 29.4. The number of hydrogen-bond donors (Lipinski definition) is 3. The fraction of sp³-hybridized carbons (Fsp3) is 0.219. The van der Waals surface area contributed by atoms with Crippen molar-refractivity contribution in [2.75, 3.05) is 19.6 Å². The fourth-order valence-corrected chi connectivity index (χ4v) is 7.62. The topological polar surface area (TPSA) is 128 Å². The molecule has 5 aromatic rings. The number of aryl methyl sites for hydroxylation is 1.